The molecule has 1 aliphatic carbocycles. The smallest absolute Gasteiger partial charge is 0.250 e. The van der Waals surface area contributed by atoms with Gasteiger partial charge in [0, 0.05) is 11.6 Å². The van der Waals surface area contributed by atoms with E-state index >= 15 is 0 Å². The maximum Gasteiger partial charge on any atom is 0.250 e. The van der Waals surface area contributed by atoms with Crippen LogP contribution in [-0.2, 0) is 0 Å². The van der Waals surface area contributed by atoms with E-state index in [4.69, 9.17) is 0 Å². The molecule has 0 radical (unpaired) electrons. The number of carbonyl (C=O) groups is 1. The number of nitrogens with zero attached hydrogens (tertiary/aromatic N) is 2. The van der Waals surface area contributed by atoms with Crippen LogP contribution in [-0.4, -0.2) is 15.7 Å². The van der Waals surface area contributed by atoms with Gasteiger partial charge in [0.05, 0.1) is 5.69 Å². The molecule has 3 rings (SSSR count). The average molecular weight is 240 g/mol. The number of rotatable bonds is 2. The molecule has 1 aliphatic rings. The Morgan fingerprint density at radius 2 is 2.00 bits per heavy atom. The number of benzene rings is 1. The van der Waals surface area contributed by atoms with Gasteiger partial charge in [0.15, 0.2) is 0 Å². The van der Waals surface area contributed by atoms with Crippen molar-refractivity contribution in [2.45, 2.75) is 26.2 Å². The Bertz CT molecular complexity index is 586. The van der Waals surface area contributed by atoms with E-state index < -0.39 is 0 Å². The van der Waals surface area contributed by atoms with Crippen molar-refractivity contribution in [3.63, 3.8) is 0 Å². The van der Waals surface area contributed by atoms with Gasteiger partial charge in [-0.2, -0.15) is 5.10 Å². The lowest BCUT2D eigenvalue weighted by Crippen LogP contribution is -2.16. The first-order chi connectivity index (χ1) is 8.66. The predicted molar refractivity (Wildman–Crippen MR) is 69.6 cm³/mol. The molecule has 18 heavy (non-hydrogen) atoms. The van der Waals surface area contributed by atoms with Crippen LogP contribution in [0.3, 0.4) is 0 Å². The molecule has 2 atom stereocenters. The second-order valence-corrected chi connectivity index (χ2v) is 5.04. The van der Waals surface area contributed by atoms with Crippen LogP contribution in [0.25, 0.3) is 0 Å². The van der Waals surface area contributed by atoms with Crippen LogP contribution >= 0.6 is 0 Å². The Balaban J connectivity index is 1.79. The molecule has 3 heteroatoms. The number of hydrogen-bond acceptors (Lipinski definition) is 2. The summed E-state index contributed by atoms with van der Waals surface area (Å²) in [6.07, 6.45) is 0.946. The minimum absolute atomic E-state index is 0.102. The van der Waals surface area contributed by atoms with Gasteiger partial charge >= 0.3 is 0 Å². The van der Waals surface area contributed by atoms with Gasteiger partial charge in [0.1, 0.15) is 0 Å². The van der Waals surface area contributed by atoms with Gasteiger partial charge in [-0.15, -0.1) is 0 Å². The van der Waals surface area contributed by atoms with Gasteiger partial charge in [-0.25, -0.2) is 4.68 Å². The van der Waals surface area contributed by atoms with Crippen molar-refractivity contribution >= 4 is 5.91 Å². The number of aryl methyl sites for hydroxylation is 2. The Kier molecular flexibility index (Phi) is 2.54. The molecular weight excluding hydrogens is 224 g/mol. The Morgan fingerprint density at radius 3 is 2.61 bits per heavy atom. The Hall–Kier alpha value is -1.90. The van der Waals surface area contributed by atoms with E-state index in [0.717, 1.165) is 17.8 Å². The summed E-state index contributed by atoms with van der Waals surface area (Å²) >= 11 is 0. The Labute approximate surface area is 106 Å². The van der Waals surface area contributed by atoms with Crippen molar-refractivity contribution in [2.24, 2.45) is 5.92 Å². The zero-order chi connectivity index (χ0) is 12.7. The highest BCUT2D eigenvalue weighted by Crippen LogP contribution is 2.48. The third kappa shape index (κ3) is 1.86. The molecule has 0 saturated heterocycles. The molecule has 3 nitrogen and oxygen atoms in total. The fourth-order valence-corrected chi connectivity index (χ4v) is 2.55. The lowest BCUT2D eigenvalue weighted by Gasteiger charge is -2.02. The second kappa shape index (κ2) is 4.09. The quantitative estimate of drug-likeness (QED) is 0.809. The van der Waals surface area contributed by atoms with Crippen molar-refractivity contribution in [1.29, 1.82) is 0 Å². The van der Waals surface area contributed by atoms with Crippen LogP contribution in [0, 0.1) is 19.8 Å². The maximum absolute atomic E-state index is 12.3. The first-order valence-electron chi connectivity index (χ1n) is 6.29. The third-order valence-electron chi connectivity index (χ3n) is 3.55. The van der Waals surface area contributed by atoms with Crippen LogP contribution in [0.4, 0.5) is 0 Å². The van der Waals surface area contributed by atoms with Gasteiger partial charge in [-0.3, -0.25) is 4.79 Å². The van der Waals surface area contributed by atoms with E-state index in [9.17, 15) is 4.79 Å². The normalized spacial score (nSPS) is 21.9. The molecule has 1 aromatic heterocycles. The van der Waals surface area contributed by atoms with E-state index in [1.807, 2.05) is 38.1 Å². The van der Waals surface area contributed by atoms with Gasteiger partial charge in [0.2, 0.25) is 0 Å². The molecular formula is C15H16N2O. The minimum atomic E-state index is 0.102. The third-order valence-corrected chi connectivity index (χ3v) is 3.55. The van der Waals surface area contributed by atoms with Gasteiger partial charge in [0.25, 0.3) is 5.91 Å². The lowest BCUT2D eigenvalue weighted by atomic mass is 10.1. The fourth-order valence-electron chi connectivity index (χ4n) is 2.55. The molecule has 0 bridgehead atoms. The standard InChI is InChI=1S/C15H16N2O/c1-10-8-11(2)17(16-10)15(18)14-9-13(14)12-6-4-3-5-7-12/h3-8,13-14H,9H2,1-2H3/t13-,14+/m1/s1. The molecule has 1 aromatic carbocycles. The summed E-state index contributed by atoms with van der Waals surface area (Å²) in [5.74, 6) is 0.613. The second-order valence-electron chi connectivity index (χ2n) is 5.04. The maximum atomic E-state index is 12.3. The van der Waals surface area contributed by atoms with E-state index in [-0.39, 0.29) is 11.8 Å². The molecule has 1 saturated carbocycles. The molecule has 0 N–H and O–H groups in total. The number of aromatic nitrogens is 2. The van der Waals surface area contributed by atoms with E-state index in [1.165, 1.54) is 5.56 Å². The summed E-state index contributed by atoms with van der Waals surface area (Å²) < 4.78 is 1.56. The fraction of sp³-hybridized carbons (Fsp3) is 0.333. The predicted octanol–water partition coefficient (Wildman–Crippen LogP) is 2.94. The summed E-state index contributed by atoms with van der Waals surface area (Å²) in [5.41, 5.74) is 3.09. The van der Waals surface area contributed by atoms with Gasteiger partial charge in [-0.1, -0.05) is 30.3 Å². The largest absolute Gasteiger partial charge is 0.272 e. The molecule has 0 amide bonds. The van der Waals surface area contributed by atoms with Crippen molar-refractivity contribution in [3.05, 3.63) is 53.3 Å². The zero-order valence-corrected chi connectivity index (χ0v) is 10.6. The summed E-state index contributed by atoms with van der Waals surface area (Å²) in [6.45, 7) is 3.84. The summed E-state index contributed by atoms with van der Waals surface area (Å²) in [7, 11) is 0. The monoisotopic (exact) mass is 240 g/mol. The van der Waals surface area contributed by atoms with E-state index in [1.54, 1.807) is 4.68 Å². The zero-order valence-electron chi connectivity index (χ0n) is 10.6. The van der Waals surface area contributed by atoms with Crippen LogP contribution in [0.5, 0.6) is 0 Å². The summed E-state index contributed by atoms with van der Waals surface area (Å²) in [5, 5.41) is 4.27. The van der Waals surface area contributed by atoms with Crippen LogP contribution in [0.1, 0.15) is 34.1 Å². The summed E-state index contributed by atoms with van der Waals surface area (Å²) in [6, 6.07) is 12.2. The SMILES string of the molecule is Cc1cc(C)n(C(=O)[C@H]2C[C@@H]2c2ccccc2)n1. The van der Waals surface area contributed by atoms with Gasteiger partial charge < -0.3 is 0 Å². The van der Waals surface area contributed by atoms with Crippen molar-refractivity contribution in [1.82, 2.24) is 9.78 Å². The molecule has 0 aliphatic heterocycles. The Morgan fingerprint density at radius 1 is 1.28 bits per heavy atom. The molecule has 0 unspecified atom stereocenters. The number of carbonyl (C=O) groups excluding carboxylic acids is 1. The highest BCUT2D eigenvalue weighted by molar-refractivity contribution is 5.85. The minimum Gasteiger partial charge on any atom is -0.272 e. The highest BCUT2D eigenvalue weighted by Gasteiger charge is 2.45. The molecule has 92 valence electrons. The average Bonchev–Trinajstić information content (AvgIpc) is 3.10. The van der Waals surface area contributed by atoms with Crippen LogP contribution in [0.15, 0.2) is 36.4 Å². The number of hydrogen-bond donors (Lipinski definition) is 0. The van der Waals surface area contributed by atoms with Crippen LogP contribution in [0.2, 0.25) is 0 Å². The highest BCUT2D eigenvalue weighted by atomic mass is 16.2. The van der Waals surface area contributed by atoms with Crippen molar-refractivity contribution in [3.8, 4) is 0 Å². The van der Waals surface area contributed by atoms with Gasteiger partial charge in [-0.05, 0) is 37.8 Å². The van der Waals surface area contributed by atoms with Crippen molar-refractivity contribution < 1.29 is 4.79 Å². The van der Waals surface area contributed by atoms with Crippen LogP contribution < -0.4 is 0 Å². The summed E-state index contributed by atoms with van der Waals surface area (Å²) in [4.78, 5) is 12.3. The van der Waals surface area contributed by atoms with E-state index in [0.29, 0.717) is 5.92 Å². The molecule has 0 spiro atoms. The first kappa shape index (κ1) is 11.2. The first-order valence-corrected chi connectivity index (χ1v) is 6.29. The topological polar surface area (TPSA) is 34.9 Å². The molecule has 2 aromatic rings. The molecule has 1 fully saturated rings. The molecule has 1 heterocycles. The van der Waals surface area contributed by atoms with Crippen molar-refractivity contribution in [2.75, 3.05) is 0 Å². The van der Waals surface area contributed by atoms with E-state index in [2.05, 4.69) is 17.2 Å². The lowest BCUT2D eigenvalue weighted by molar-refractivity contribution is 0.0864.